The average molecular weight is 795 g/mol. The van der Waals surface area contributed by atoms with Gasteiger partial charge in [-0.05, 0) is 69.8 Å². The van der Waals surface area contributed by atoms with Gasteiger partial charge >= 0.3 is 5.97 Å². The van der Waals surface area contributed by atoms with Crippen LogP contribution in [-0.2, 0) is 56.9 Å². The van der Waals surface area contributed by atoms with Gasteiger partial charge in [-0.1, -0.05) is 18.6 Å². The van der Waals surface area contributed by atoms with Gasteiger partial charge in [-0.3, -0.25) is 4.79 Å². The average Bonchev–Trinajstić information content (AvgIpc) is 3.67. The van der Waals surface area contributed by atoms with E-state index >= 15 is 0 Å². The van der Waals surface area contributed by atoms with Gasteiger partial charge in [0, 0.05) is 40.4 Å². The largest absolute Gasteiger partial charge is 0.469 e. The Morgan fingerprint density at radius 1 is 0.804 bits per heavy atom. The first kappa shape index (κ1) is 41.0. The highest BCUT2D eigenvalue weighted by Gasteiger charge is 2.59. The van der Waals surface area contributed by atoms with Crippen molar-refractivity contribution >= 4 is 5.97 Å². The first-order valence-corrected chi connectivity index (χ1v) is 20.6. The molecule has 3 N–H and O–H groups in total. The molecular weight excluding hydrogens is 732 g/mol. The zero-order valence-corrected chi connectivity index (χ0v) is 33.7. The number of rotatable bonds is 8. The Kier molecular flexibility index (Phi) is 11.7. The predicted molar refractivity (Wildman–Crippen MR) is 194 cm³/mol. The highest BCUT2D eigenvalue weighted by molar-refractivity contribution is 5.74. The number of allylic oxidation sites excluding steroid dienone is 1. The van der Waals surface area contributed by atoms with Crippen LogP contribution in [0.5, 0.6) is 0 Å². The van der Waals surface area contributed by atoms with Gasteiger partial charge < -0.3 is 67.4 Å². The standard InChI is InChI=1S/C41H62O15/c1-19-36(44)29(46-6)14-34(50-19)55-37-20(2)51-32(13-26(37)42)56-38-21(3)52-33(15-30(38)47-7)53-28-12-23-9-10-24-25(40(23,4)16-27(28)43)11-8-22-17-48-41(5)35(22)31(18-49-41)54-39(24)45/h9,17,19-21,24-38,42-44H,8,10-16,18H2,1-7H3/t19-,20-,21-,24-,25+,26-,27-,28-,29-,30-,31-,32+,33+,34+,35-,36-,37-,38-,40+,41+/m1/s1. The summed E-state index contributed by atoms with van der Waals surface area (Å²) < 4.78 is 66.9. The third kappa shape index (κ3) is 7.51. The van der Waals surface area contributed by atoms with Crippen LogP contribution in [0.2, 0.25) is 0 Å². The summed E-state index contributed by atoms with van der Waals surface area (Å²) in [4.78, 5) is 13.7. The summed E-state index contributed by atoms with van der Waals surface area (Å²) in [7, 11) is 3.16. The topological polar surface area (TPSA) is 179 Å². The van der Waals surface area contributed by atoms with Crippen LogP contribution < -0.4 is 0 Å². The third-order valence-corrected chi connectivity index (χ3v) is 14.2. The van der Waals surface area contributed by atoms with Gasteiger partial charge in [0.2, 0.25) is 5.79 Å². The van der Waals surface area contributed by atoms with Crippen LogP contribution in [0.25, 0.3) is 0 Å². The number of hydrogen-bond donors (Lipinski definition) is 3. The molecule has 15 heteroatoms. The van der Waals surface area contributed by atoms with E-state index in [-0.39, 0.29) is 36.2 Å². The normalized spacial score (nSPS) is 51.9. The van der Waals surface area contributed by atoms with Crippen molar-refractivity contribution in [3.63, 3.8) is 0 Å². The Labute approximate surface area is 329 Å². The minimum Gasteiger partial charge on any atom is -0.469 e. The van der Waals surface area contributed by atoms with Crippen LogP contribution >= 0.6 is 0 Å². The third-order valence-electron chi connectivity index (χ3n) is 14.2. The second kappa shape index (κ2) is 16.0. The molecule has 20 atom stereocenters. The lowest BCUT2D eigenvalue weighted by Crippen LogP contribution is -2.57. The molecule has 0 aromatic carbocycles. The minimum atomic E-state index is -0.897. The van der Waals surface area contributed by atoms with Crippen LogP contribution in [0.15, 0.2) is 23.5 Å². The molecule has 2 aliphatic carbocycles. The fourth-order valence-electron chi connectivity index (χ4n) is 11.1. The van der Waals surface area contributed by atoms with Gasteiger partial charge in [0.15, 0.2) is 18.9 Å². The molecule has 1 saturated carbocycles. The maximum absolute atomic E-state index is 13.7. The van der Waals surface area contributed by atoms with Crippen LogP contribution in [0.3, 0.4) is 0 Å². The first-order valence-electron chi connectivity index (χ1n) is 20.6. The number of carbonyl (C=O) groups excluding carboxylic acids is 1. The number of methoxy groups -OCH3 is 2. The number of esters is 1. The molecule has 0 bridgehead atoms. The van der Waals surface area contributed by atoms with Crippen molar-refractivity contribution < 1.29 is 72.2 Å². The Bertz CT molecular complexity index is 1480. The molecule has 316 valence electrons. The number of ether oxygens (including phenoxy) is 11. The van der Waals surface area contributed by atoms with E-state index in [1.54, 1.807) is 27.4 Å². The summed E-state index contributed by atoms with van der Waals surface area (Å²) in [6, 6.07) is 0. The molecule has 8 aliphatic rings. The van der Waals surface area contributed by atoms with Gasteiger partial charge in [-0.15, -0.1) is 0 Å². The van der Waals surface area contributed by atoms with E-state index in [1.807, 2.05) is 20.8 Å². The molecule has 0 aromatic rings. The van der Waals surface area contributed by atoms with Gasteiger partial charge in [0.05, 0.1) is 73.5 Å². The number of aliphatic hydroxyl groups excluding tert-OH is 3. The monoisotopic (exact) mass is 794 g/mol. The molecule has 6 fully saturated rings. The second-order valence-electron chi connectivity index (χ2n) is 17.7. The van der Waals surface area contributed by atoms with Crippen LogP contribution in [0.4, 0.5) is 0 Å². The Balaban J connectivity index is 0.868. The minimum absolute atomic E-state index is 0.00811. The van der Waals surface area contributed by atoms with Crippen LogP contribution in [-0.4, -0.2) is 140 Å². The highest BCUT2D eigenvalue weighted by Crippen LogP contribution is 2.57. The number of carbonyl (C=O) groups is 1. The smallest absolute Gasteiger partial charge is 0.309 e. The molecule has 0 radical (unpaired) electrons. The molecular formula is C41H62O15. The molecule has 15 nitrogen and oxygen atoms in total. The molecule has 5 saturated heterocycles. The molecule has 0 spiro atoms. The fraction of sp³-hybridized carbons (Fsp3) is 0.878. The van der Waals surface area contributed by atoms with E-state index in [0.717, 1.165) is 18.4 Å². The predicted octanol–water partition coefficient (Wildman–Crippen LogP) is 3.00. The Morgan fingerprint density at radius 2 is 1.46 bits per heavy atom. The summed E-state index contributed by atoms with van der Waals surface area (Å²) >= 11 is 0. The molecule has 0 unspecified atom stereocenters. The molecule has 8 rings (SSSR count). The lowest BCUT2D eigenvalue weighted by Gasteiger charge is -2.52. The molecule has 0 aromatic heterocycles. The Hall–Kier alpha value is -1.73. The summed E-state index contributed by atoms with van der Waals surface area (Å²) in [5, 5.41) is 33.2. The summed E-state index contributed by atoms with van der Waals surface area (Å²) in [6.07, 6.45) is -0.916. The fourth-order valence-corrected chi connectivity index (χ4v) is 11.1. The number of fused-ring (bicyclic) bond motifs is 3. The Morgan fingerprint density at radius 3 is 2.20 bits per heavy atom. The lowest BCUT2D eigenvalue weighted by atomic mass is 9.55. The van der Waals surface area contributed by atoms with Crippen molar-refractivity contribution in [1.82, 2.24) is 0 Å². The highest BCUT2D eigenvalue weighted by atomic mass is 16.7. The van der Waals surface area contributed by atoms with Crippen LogP contribution in [0, 0.1) is 23.2 Å². The zero-order valence-electron chi connectivity index (χ0n) is 33.7. The van der Waals surface area contributed by atoms with E-state index < -0.39 is 97.2 Å². The molecule has 6 aliphatic heterocycles. The van der Waals surface area contributed by atoms with Gasteiger partial charge in [0.1, 0.15) is 24.4 Å². The van der Waals surface area contributed by atoms with Gasteiger partial charge in [0.25, 0.3) is 0 Å². The van der Waals surface area contributed by atoms with E-state index in [9.17, 15) is 20.1 Å². The van der Waals surface area contributed by atoms with Crippen molar-refractivity contribution in [2.24, 2.45) is 23.2 Å². The second-order valence-corrected chi connectivity index (χ2v) is 17.7. The van der Waals surface area contributed by atoms with Crippen molar-refractivity contribution in [2.45, 2.75) is 184 Å². The SMILES string of the molecule is CO[C@@H]1C[C@H](O[C@H]2[C@H](O)C[C@H](O[C@@H]3[C@@H](C)O[C@@H](O[C@@H]4CC5=CC[C@H]6C(=O)O[C@@H]7CO[C@]8(C)OC=C(CC[C@@H]6[C@@]5(C)C[C@H]4O)[C@H]78)C[C@H]3OC)O[C@@H]2C)O[C@H](C)[C@H]1O. The maximum atomic E-state index is 13.7. The van der Waals surface area contributed by atoms with Crippen LogP contribution in [0.1, 0.15) is 86.0 Å². The van der Waals surface area contributed by atoms with Crippen molar-refractivity contribution in [2.75, 3.05) is 20.8 Å². The van der Waals surface area contributed by atoms with E-state index in [0.29, 0.717) is 38.7 Å². The summed E-state index contributed by atoms with van der Waals surface area (Å²) in [5.74, 6) is -1.40. The van der Waals surface area contributed by atoms with E-state index in [4.69, 9.17) is 52.1 Å². The summed E-state index contributed by atoms with van der Waals surface area (Å²) in [5.41, 5.74) is 1.92. The molecule has 56 heavy (non-hydrogen) atoms. The summed E-state index contributed by atoms with van der Waals surface area (Å²) in [6.45, 7) is 9.89. The van der Waals surface area contributed by atoms with E-state index in [2.05, 4.69) is 13.0 Å². The molecule has 0 amide bonds. The van der Waals surface area contributed by atoms with Gasteiger partial charge in [-0.25, -0.2) is 0 Å². The van der Waals surface area contributed by atoms with Crippen molar-refractivity contribution in [3.8, 4) is 0 Å². The molecule has 6 heterocycles. The maximum Gasteiger partial charge on any atom is 0.309 e. The number of aliphatic hydroxyl groups is 3. The zero-order chi connectivity index (χ0) is 39.7. The van der Waals surface area contributed by atoms with Gasteiger partial charge in [-0.2, -0.15) is 0 Å². The lowest BCUT2D eigenvalue weighted by molar-refractivity contribution is -0.338. The van der Waals surface area contributed by atoms with Crippen molar-refractivity contribution in [1.29, 1.82) is 0 Å². The van der Waals surface area contributed by atoms with Crippen molar-refractivity contribution in [3.05, 3.63) is 23.5 Å². The van der Waals surface area contributed by atoms with E-state index in [1.165, 1.54) is 5.57 Å². The first-order chi connectivity index (χ1) is 26.7. The number of hydrogen-bond acceptors (Lipinski definition) is 15. The quantitative estimate of drug-likeness (QED) is 0.241.